The first kappa shape index (κ1) is 15.9. The van der Waals surface area contributed by atoms with Gasteiger partial charge in [0.1, 0.15) is 5.75 Å². The van der Waals surface area contributed by atoms with Crippen molar-refractivity contribution in [3.05, 3.63) is 23.5 Å². The normalized spacial score (nSPS) is 10.4. The van der Waals surface area contributed by atoms with Gasteiger partial charge < -0.3 is 15.8 Å². The number of imide groups is 1. The molecule has 0 saturated carbocycles. The largest absolute Gasteiger partial charge is 0.482 e. The lowest BCUT2D eigenvalue weighted by Crippen LogP contribution is -2.38. The predicted octanol–water partition coefficient (Wildman–Crippen LogP) is 0.462. The molecule has 0 fully saturated rings. The number of rotatable bonds is 6. The summed E-state index contributed by atoms with van der Waals surface area (Å²) in [6.45, 7) is 6.17. The molecule has 1 heterocycles. The number of aryl methyl sites for hydroxylation is 1. The highest BCUT2D eigenvalue weighted by molar-refractivity contribution is 5.94. The average Bonchev–Trinajstić information content (AvgIpc) is 2.34. The molecule has 1 aromatic heterocycles. The van der Waals surface area contributed by atoms with Gasteiger partial charge in [0, 0.05) is 18.3 Å². The molecule has 4 N–H and O–H groups in total. The molecule has 3 amide bonds. The van der Waals surface area contributed by atoms with Crippen LogP contribution < -0.4 is 21.1 Å². The number of hydrogen-bond donors (Lipinski definition) is 3. The lowest BCUT2D eigenvalue weighted by Gasteiger charge is -2.13. The zero-order valence-corrected chi connectivity index (χ0v) is 11.9. The molecule has 0 unspecified atom stereocenters. The highest BCUT2D eigenvalue weighted by Gasteiger charge is 2.10. The molecule has 110 valence electrons. The number of nitrogens with zero attached hydrogens (tertiary/aromatic N) is 1. The summed E-state index contributed by atoms with van der Waals surface area (Å²) >= 11 is 0. The Bertz CT molecular complexity index is 489. The highest BCUT2D eigenvalue weighted by atomic mass is 16.5. The van der Waals surface area contributed by atoms with Gasteiger partial charge in [0.05, 0.1) is 5.69 Å². The van der Waals surface area contributed by atoms with Crippen LogP contribution in [0.2, 0.25) is 0 Å². The Morgan fingerprint density at radius 3 is 2.70 bits per heavy atom. The number of nitrogens with two attached hydrogens (primary N) is 1. The van der Waals surface area contributed by atoms with Crippen LogP contribution in [0, 0.1) is 6.92 Å². The summed E-state index contributed by atoms with van der Waals surface area (Å²) in [5.74, 6) is -0.0933. The Morgan fingerprint density at radius 1 is 1.40 bits per heavy atom. The Labute approximate surface area is 117 Å². The molecule has 0 aliphatic carbocycles. The van der Waals surface area contributed by atoms with E-state index >= 15 is 0 Å². The number of nitrogens with one attached hydrogen (secondary N) is 2. The molecule has 20 heavy (non-hydrogen) atoms. The Kier molecular flexibility index (Phi) is 5.92. The molecule has 0 aliphatic heterocycles. The van der Waals surface area contributed by atoms with E-state index in [-0.39, 0.29) is 6.61 Å². The van der Waals surface area contributed by atoms with Crippen molar-refractivity contribution >= 4 is 11.9 Å². The van der Waals surface area contributed by atoms with Gasteiger partial charge in [0.2, 0.25) is 0 Å². The minimum atomic E-state index is -0.901. The van der Waals surface area contributed by atoms with E-state index in [4.69, 9.17) is 10.5 Å². The van der Waals surface area contributed by atoms with Gasteiger partial charge in [-0.3, -0.25) is 15.1 Å². The van der Waals surface area contributed by atoms with Gasteiger partial charge in [-0.15, -0.1) is 0 Å². The fourth-order valence-electron chi connectivity index (χ4n) is 1.47. The van der Waals surface area contributed by atoms with Crippen LogP contribution in [0.15, 0.2) is 12.1 Å². The number of primary amides is 1. The van der Waals surface area contributed by atoms with Crippen LogP contribution in [0.5, 0.6) is 5.75 Å². The number of carbonyl (C=O) groups excluding carboxylic acids is 2. The van der Waals surface area contributed by atoms with E-state index in [9.17, 15) is 9.59 Å². The van der Waals surface area contributed by atoms with Crippen LogP contribution in [0.4, 0.5) is 4.79 Å². The van der Waals surface area contributed by atoms with Crippen LogP contribution in [0.3, 0.4) is 0 Å². The number of ether oxygens (including phenoxy) is 1. The van der Waals surface area contributed by atoms with Gasteiger partial charge in [-0.1, -0.05) is 13.8 Å². The SMILES string of the molecule is Cc1ccc(OCC(=O)NC(N)=O)c(CNC(C)C)n1. The maximum absolute atomic E-state index is 11.3. The van der Waals surface area contributed by atoms with Crippen molar-refractivity contribution in [1.29, 1.82) is 0 Å². The zero-order valence-electron chi connectivity index (χ0n) is 11.9. The summed E-state index contributed by atoms with van der Waals surface area (Å²) in [6.07, 6.45) is 0. The molecular formula is C13H20N4O3. The third-order valence-electron chi connectivity index (χ3n) is 2.37. The molecule has 0 saturated heterocycles. The topological polar surface area (TPSA) is 106 Å². The molecule has 1 rings (SSSR count). The van der Waals surface area contributed by atoms with E-state index in [2.05, 4.69) is 10.3 Å². The first-order valence-electron chi connectivity index (χ1n) is 6.30. The zero-order chi connectivity index (χ0) is 15.1. The number of carbonyl (C=O) groups is 2. The van der Waals surface area contributed by atoms with Gasteiger partial charge in [-0.25, -0.2) is 4.79 Å². The fourth-order valence-corrected chi connectivity index (χ4v) is 1.47. The molecule has 0 bridgehead atoms. The molecule has 0 atom stereocenters. The van der Waals surface area contributed by atoms with E-state index in [1.165, 1.54) is 0 Å². The van der Waals surface area contributed by atoms with Gasteiger partial charge >= 0.3 is 6.03 Å². The number of pyridine rings is 1. The van der Waals surface area contributed by atoms with Gasteiger partial charge in [0.25, 0.3) is 5.91 Å². The number of aromatic nitrogens is 1. The van der Waals surface area contributed by atoms with Crippen LogP contribution >= 0.6 is 0 Å². The number of urea groups is 1. The minimum absolute atomic E-state index is 0.289. The second-order valence-corrected chi connectivity index (χ2v) is 4.63. The minimum Gasteiger partial charge on any atom is -0.482 e. The van der Waals surface area contributed by atoms with Crippen molar-refractivity contribution in [3.63, 3.8) is 0 Å². The van der Waals surface area contributed by atoms with Crippen molar-refractivity contribution in [2.24, 2.45) is 5.73 Å². The highest BCUT2D eigenvalue weighted by Crippen LogP contribution is 2.16. The fraction of sp³-hybridized carbons (Fsp3) is 0.462. The van der Waals surface area contributed by atoms with Crippen LogP contribution in [-0.2, 0) is 11.3 Å². The van der Waals surface area contributed by atoms with Crippen LogP contribution in [0.1, 0.15) is 25.2 Å². The lowest BCUT2D eigenvalue weighted by molar-refractivity contribution is -0.121. The second-order valence-electron chi connectivity index (χ2n) is 4.63. The maximum Gasteiger partial charge on any atom is 0.318 e. The van der Waals surface area contributed by atoms with Gasteiger partial charge in [-0.2, -0.15) is 0 Å². The molecule has 0 radical (unpaired) electrons. The Hall–Kier alpha value is -2.15. The monoisotopic (exact) mass is 280 g/mol. The van der Waals surface area contributed by atoms with Crippen molar-refractivity contribution in [2.45, 2.75) is 33.4 Å². The van der Waals surface area contributed by atoms with E-state index in [0.717, 1.165) is 5.69 Å². The van der Waals surface area contributed by atoms with Crippen molar-refractivity contribution < 1.29 is 14.3 Å². The molecule has 7 heteroatoms. The van der Waals surface area contributed by atoms with Crippen LogP contribution in [-0.4, -0.2) is 29.6 Å². The van der Waals surface area contributed by atoms with Gasteiger partial charge in [0.15, 0.2) is 6.61 Å². The first-order valence-corrected chi connectivity index (χ1v) is 6.30. The molecule has 7 nitrogen and oxygen atoms in total. The summed E-state index contributed by atoms with van der Waals surface area (Å²) in [4.78, 5) is 26.2. The third kappa shape index (κ3) is 5.66. The molecular weight excluding hydrogens is 260 g/mol. The van der Waals surface area contributed by atoms with Crippen molar-refractivity contribution in [1.82, 2.24) is 15.6 Å². The van der Waals surface area contributed by atoms with Crippen molar-refractivity contribution in [3.8, 4) is 5.75 Å². The van der Waals surface area contributed by atoms with E-state index in [1.54, 1.807) is 12.1 Å². The third-order valence-corrected chi connectivity index (χ3v) is 2.37. The second kappa shape index (κ2) is 7.44. The Balaban J connectivity index is 2.68. The average molecular weight is 280 g/mol. The molecule has 1 aromatic rings. The maximum atomic E-state index is 11.3. The predicted molar refractivity (Wildman–Crippen MR) is 74.2 cm³/mol. The number of hydrogen-bond acceptors (Lipinski definition) is 5. The lowest BCUT2D eigenvalue weighted by atomic mass is 10.2. The molecule has 0 spiro atoms. The smallest absolute Gasteiger partial charge is 0.318 e. The Morgan fingerprint density at radius 2 is 2.10 bits per heavy atom. The summed E-state index contributed by atoms with van der Waals surface area (Å²) in [5, 5.41) is 5.17. The summed E-state index contributed by atoms with van der Waals surface area (Å²) in [6, 6.07) is 2.95. The van der Waals surface area contributed by atoms with E-state index < -0.39 is 11.9 Å². The quantitative estimate of drug-likeness (QED) is 0.702. The molecule has 0 aromatic carbocycles. The summed E-state index contributed by atoms with van der Waals surface area (Å²) in [7, 11) is 0. The van der Waals surface area contributed by atoms with E-state index in [1.807, 2.05) is 26.1 Å². The van der Waals surface area contributed by atoms with Gasteiger partial charge in [-0.05, 0) is 19.1 Å². The first-order chi connectivity index (χ1) is 9.38. The van der Waals surface area contributed by atoms with E-state index in [0.29, 0.717) is 24.0 Å². The molecule has 0 aliphatic rings. The summed E-state index contributed by atoms with van der Waals surface area (Å²) < 4.78 is 5.36. The van der Waals surface area contributed by atoms with Crippen LogP contribution in [0.25, 0.3) is 0 Å². The number of amides is 3. The standard InChI is InChI=1S/C13H20N4O3/c1-8(2)15-6-10-11(5-4-9(3)16-10)20-7-12(18)17-13(14)19/h4-5,8,15H,6-7H2,1-3H3,(H3,14,17,18,19). The van der Waals surface area contributed by atoms with Crippen molar-refractivity contribution in [2.75, 3.05) is 6.61 Å². The summed E-state index contributed by atoms with van der Waals surface area (Å²) in [5.41, 5.74) is 6.42.